The lowest BCUT2D eigenvalue weighted by atomic mass is 9.71. The average Bonchev–Trinajstić information content (AvgIpc) is 3.43. The number of nitrogens with zero attached hydrogens (tertiary/aromatic N) is 4. The van der Waals surface area contributed by atoms with Gasteiger partial charge in [0.05, 0.1) is 17.8 Å². The largest absolute Gasteiger partial charge is 0.355 e. The Bertz CT molecular complexity index is 1410. The molecule has 2 atom stereocenters. The lowest BCUT2D eigenvalue weighted by molar-refractivity contribution is 0.0614. The van der Waals surface area contributed by atoms with Crippen LogP contribution >= 0.6 is 0 Å². The summed E-state index contributed by atoms with van der Waals surface area (Å²) >= 11 is 0. The number of hydrogen-bond donors (Lipinski definition) is 0. The molecular weight excluding hydrogens is 445 g/mol. The minimum Gasteiger partial charge on any atom is -0.355 e. The van der Waals surface area contributed by atoms with Crippen LogP contribution in [0, 0.1) is 17.6 Å². The molecule has 3 heterocycles. The van der Waals surface area contributed by atoms with Crippen molar-refractivity contribution in [1.29, 1.82) is 0 Å². The standard InChI is InChI=1S/C25H21F3N4O2/c1-14-16-6-4-5-7-18(16)25(2,19-12-29-31(3)23(19)28)13-32(14)24(33)21-11-22(34-30-21)17-9-8-15(26)10-20(17)27/h4-12,14H,13H2,1-3H3. The van der Waals surface area contributed by atoms with Crippen molar-refractivity contribution < 1.29 is 22.5 Å². The molecule has 0 saturated carbocycles. The zero-order chi connectivity index (χ0) is 24.2. The van der Waals surface area contributed by atoms with E-state index in [9.17, 15) is 18.0 Å². The van der Waals surface area contributed by atoms with Gasteiger partial charge in [0.15, 0.2) is 11.5 Å². The number of carbonyl (C=O) groups excluding carboxylic acids is 1. The molecule has 2 aromatic heterocycles. The summed E-state index contributed by atoms with van der Waals surface area (Å²) in [5, 5.41) is 7.90. The molecule has 0 fully saturated rings. The van der Waals surface area contributed by atoms with Crippen LogP contribution in [0.5, 0.6) is 0 Å². The molecule has 1 aliphatic heterocycles. The van der Waals surface area contributed by atoms with E-state index < -0.39 is 28.9 Å². The van der Waals surface area contributed by atoms with E-state index in [1.807, 2.05) is 38.1 Å². The fourth-order valence-corrected chi connectivity index (χ4v) is 4.70. The summed E-state index contributed by atoms with van der Waals surface area (Å²) in [4.78, 5) is 15.1. The Balaban J connectivity index is 1.55. The number of carbonyl (C=O) groups is 1. The van der Waals surface area contributed by atoms with E-state index in [1.54, 1.807) is 4.90 Å². The van der Waals surface area contributed by atoms with E-state index in [0.29, 0.717) is 5.56 Å². The second-order valence-electron chi connectivity index (χ2n) is 8.70. The zero-order valence-electron chi connectivity index (χ0n) is 18.7. The molecule has 9 heteroatoms. The van der Waals surface area contributed by atoms with Gasteiger partial charge in [-0.25, -0.2) is 13.5 Å². The molecule has 5 rings (SSSR count). The van der Waals surface area contributed by atoms with Crippen molar-refractivity contribution in [3.8, 4) is 11.3 Å². The first kappa shape index (κ1) is 21.9. The number of benzene rings is 2. The first-order chi connectivity index (χ1) is 16.2. The normalized spacial score (nSPS) is 19.8. The van der Waals surface area contributed by atoms with Gasteiger partial charge in [0.25, 0.3) is 5.91 Å². The van der Waals surface area contributed by atoms with Crippen LogP contribution in [0.2, 0.25) is 0 Å². The van der Waals surface area contributed by atoms with Crippen molar-refractivity contribution in [3.63, 3.8) is 0 Å². The number of amides is 1. The van der Waals surface area contributed by atoms with Gasteiger partial charge in [-0.15, -0.1) is 0 Å². The molecule has 1 amide bonds. The van der Waals surface area contributed by atoms with Crippen molar-refractivity contribution in [2.24, 2.45) is 7.05 Å². The number of fused-ring (bicyclic) bond motifs is 1. The molecule has 0 spiro atoms. The minimum atomic E-state index is -0.868. The maximum absolute atomic E-state index is 15.0. The maximum atomic E-state index is 15.0. The van der Waals surface area contributed by atoms with Gasteiger partial charge in [-0.2, -0.15) is 9.49 Å². The number of aromatic nitrogens is 3. The predicted molar refractivity (Wildman–Crippen MR) is 117 cm³/mol. The Morgan fingerprint density at radius 3 is 2.59 bits per heavy atom. The lowest BCUT2D eigenvalue weighted by Crippen LogP contribution is -2.49. The van der Waals surface area contributed by atoms with Gasteiger partial charge in [0.2, 0.25) is 5.95 Å². The van der Waals surface area contributed by atoms with Gasteiger partial charge in [-0.1, -0.05) is 29.4 Å². The van der Waals surface area contributed by atoms with E-state index in [4.69, 9.17) is 4.52 Å². The van der Waals surface area contributed by atoms with Crippen LogP contribution in [0.3, 0.4) is 0 Å². The van der Waals surface area contributed by atoms with E-state index in [1.165, 1.54) is 25.4 Å². The molecule has 6 nitrogen and oxygen atoms in total. The van der Waals surface area contributed by atoms with Crippen LogP contribution in [0.25, 0.3) is 11.3 Å². The first-order valence-corrected chi connectivity index (χ1v) is 10.7. The smallest absolute Gasteiger partial charge is 0.276 e. The second kappa shape index (κ2) is 7.86. The van der Waals surface area contributed by atoms with Crippen molar-refractivity contribution in [2.45, 2.75) is 25.3 Å². The highest BCUT2D eigenvalue weighted by molar-refractivity contribution is 5.94. The predicted octanol–water partition coefficient (Wildman–Crippen LogP) is 5.02. The third kappa shape index (κ3) is 3.30. The van der Waals surface area contributed by atoms with Crippen molar-refractivity contribution in [3.05, 3.63) is 94.7 Å². The van der Waals surface area contributed by atoms with E-state index in [-0.39, 0.29) is 29.6 Å². The molecular formula is C25H21F3N4O2. The molecule has 0 N–H and O–H groups in total. The summed E-state index contributed by atoms with van der Waals surface area (Å²) in [5.41, 5.74) is 1.26. The van der Waals surface area contributed by atoms with Gasteiger partial charge >= 0.3 is 0 Å². The molecule has 2 aromatic carbocycles. The molecule has 2 unspecified atom stereocenters. The van der Waals surface area contributed by atoms with Gasteiger partial charge in [0.1, 0.15) is 11.6 Å². The molecule has 0 saturated heterocycles. The van der Waals surface area contributed by atoms with Crippen LogP contribution in [0.15, 0.2) is 59.3 Å². The second-order valence-corrected chi connectivity index (χ2v) is 8.70. The molecule has 1 aliphatic rings. The highest BCUT2D eigenvalue weighted by Crippen LogP contribution is 2.44. The summed E-state index contributed by atoms with van der Waals surface area (Å²) in [6.45, 7) is 3.93. The van der Waals surface area contributed by atoms with Gasteiger partial charge in [-0.3, -0.25) is 4.79 Å². The minimum absolute atomic E-state index is 0.00646. The van der Waals surface area contributed by atoms with Crippen LogP contribution in [0.4, 0.5) is 13.2 Å². The maximum Gasteiger partial charge on any atom is 0.276 e. The van der Waals surface area contributed by atoms with Crippen LogP contribution < -0.4 is 0 Å². The Kier molecular flexibility index (Phi) is 5.07. The number of halogens is 3. The Labute approximate surface area is 193 Å². The van der Waals surface area contributed by atoms with Crippen molar-refractivity contribution >= 4 is 5.91 Å². The van der Waals surface area contributed by atoms with Crippen molar-refractivity contribution in [1.82, 2.24) is 19.8 Å². The zero-order valence-corrected chi connectivity index (χ0v) is 18.7. The number of rotatable bonds is 3. The molecule has 0 aliphatic carbocycles. The topological polar surface area (TPSA) is 64.2 Å². The van der Waals surface area contributed by atoms with E-state index in [2.05, 4.69) is 10.3 Å². The number of hydrogen-bond acceptors (Lipinski definition) is 4. The van der Waals surface area contributed by atoms with Crippen LogP contribution in [-0.2, 0) is 12.5 Å². The summed E-state index contributed by atoms with van der Waals surface area (Å²) in [7, 11) is 1.52. The van der Waals surface area contributed by atoms with Crippen LogP contribution in [-0.4, -0.2) is 32.3 Å². The lowest BCUT2D eigenvalue weighted by Gasteiger charge is -2.45. The quantitative estimate of drug-likeness (QED) is 0.426. The summed E-state index contributed by atoms with van der Waals surface area (Å²) < 4.78 is 48.8. The third-order valence-corrected chi connectivity index (χ3v) is 6.61. The fourth-order valence-electron chi connectivity index (χ4n) is 4.70. The molecule has 34 heavy (non-hydrogen) atoms. The Hall–Kier alpha value is -3.88. The third-order valence-electron chi connectivity index (χ3n) is 6.61. The first-order valence-electron chi connectivity index (χ1n) is 10.7. The molecule has 4 aromatic rings. The van der Waals surface area contributed by atoms with Gasteiger partial charge < -0.3 is 9.42 Å². The SMILES string of the molecule is CC1c2ccccc2C(C)(c2cnn(C)c2F)CN1C(=O)c1cc(-c2ccc(F)cc2F)on1. The van der Waals surface area contributed by atoms with E-state index >= 15 is 0 Å². The summed E-state index contributed by atoms with van der Waals surface area (Å²) in [6.07, 6.45) is 1.48. The molecule has 0 radical (unpaired) electrons. The summed E-state index contributed by atoms with van der Waals surface area (Å²) in [5.74, 6) is -2.47. The fraction of sp³-hybridized carbons (Fsp3) is 0.240. The highest BCUT2D eigenvalue weighted by atomic mass is 19.1. The highest BCUT2D eigenvalue weighted by Gasteiger charge is 2.45. The van der Waals surface area contributed by atoms with E-state index in [0.717, 1.165) is 27.9 Å². The monoisotopic (exact) mass is 466 g/mol. The van der Waals surface area contributed by atoms with Crippen molar-refractivity contribution in [2.75, 3.05) is 6.54 Å². The molecule has 174 valence electrons. The Morgan fingerprint density at radius 2 is 1.88 bits per heavy atom. The average molecular weight is 466 g/mol. The summed E-state index contributed by atoms with van der Waals surface area (Å²) in [6, 6.07) is 11.6. The van der Waals surface area contributed by atoms with Gasteiger partial charge in [0, 0.05) is 36.7 Å². The Morgan fingerprint density at radius 1 is 1.12 bits per heavy atom. The van der Waals surface area contributed by atoms with Crippen LogP contribution in [0.1, 0.15) is 47.1 Å². The number of aryl methyl sites for hydroxylation is 1. The van der Waals surface area contributed by atoms with Gasteiger partial charge in [-0.05, 0) is 37.1 Å². The molecule has 0 bridgehead atoms.